The van der Waals surface area contributed by atoms with Gasteiger partial charge in [-0.15, -0.1) is 10.2 Å². The molecule has 0 spiro atoms. The van der Waals surface area contributed by atoms with Gasteiger partial charge in [0.05, 0.1) is 0 Å². The van der Waals surface area contributed by atoms with Gasteiger partial charge >= 0.3 is 0 Å². The van der Waals surface area contributed by atoms with Gasteiger partial charge in [-0.2, -0.15) is 9.61 Å². The minimum absolute atomic E-state index is 0.697. The number of aromatic nitrogens is 4. The number of anilines is 1. The topological polar surface area (TPSA) is 69.1 Å². The van der Waals surface area contributed by atoms with Gasteiger partial charge in [0.25, 0.3) is 0 Å². The minimum Gasteiger partial charge on any atom is -0.399 e. The monoisotopic (exact) mass is 211 g/mol. The normalized spacial score (nSPS) is 10.8. The van der Waals surface area contributed by atoms with Crippen molar-refractivity contribution in [2.45, 2.75) is 0 Å². The molecule has 3 rings (SSSR count). The Morgan fingerprint density at radius 2 is 2.00 bits per heavy atom. The van der Waals surface area contributed by atoms with E-state index in [4.69, 9.17) is 5.73 Å². The average molecular weight is 211 g/mol. The zero-order valence-corrected chi connectivity index (χ0v) is 8.41. The molecule has 0 unspecified atom stereocenters. The molecule has 0 saturated carbocycles. The number of nitrogens with two attached hydrogens (primary N) is 1. The maximum Gasteiger partial charge on any atom is 0.185 e. The predicted octanol–water partition coefficient (Wildman–Crippen LogP) is 1.37. The van der Waals surface area contributed by atoms with Gasteiger partial charge in [-0.25, -0.2) is 0 Å². The van der Waals surface area contributed by atoms with Crippen LogP contribution >= 0.6 is 0 Å². The summed E-state index contributed by atoms with van der Waals surface area (Å²) in [6.45, 7) is 0. The SMILES string of the molecule is Nc1cccc(-c2nnc3cccnn23)c1. The summed E-state index contributed by atoms with van der Waals surface area (Å²) in [6.07, 6.45) is 1.70. The highest BCUT2D eigenvalue weighted by Gasteiger charge is 2.07. The summed E-state index contributed by atoms with van der Waals surface area (Å²) in [5.74, 6) is 0.697. The van der Waals surface area contributed by atoms with Crippen LogP contribution in [0.5, 0.6) is 0 Å². The Bertz CT molecular complexity index is 643. The van der Waals surface area contributed by atoms with E-state index in [1.54, 1.807) is 10.7 Å². The number of nitrogens with zero attached hydrogens (tertiary/aromatic N) is 4. The molecule has 0 aliphatic heterocycles. The van der Waals surface area contributed by atoms with Gasteiger partial charge in [-0.1, -0.05) is 12.1 Å². The number of hydrogen-bond acceptors (Lipinski definition) is 4. The quantitative estimate of drug-likeness (QED) is 0.617. The van der Waals surface area contributed by atoms with Crippen molar-refractivity contribution in [3.05, 3.63) is 42.6 Å². The summed E-state index contributed by atoms with van der Waals surface area (Å²) in [4.78, 5) is 0. The van der Waals surface area contributed by atoms with E-state index in [1.807, 2.05) is 36.4 Å². The van der Waals surface area contributed by atoms with E-state index in [0.29, 0.717) is 11.5 Å². The van der Waals surface area contributed by atoms with Crippen molar-refractivity contribution >= 4 is 11.3 Å². The first-order chi connectivity index (χ1) is 7.84. The lowest BCUT2D eigenvalue weighted by atomic mass is 10.2. The van der Waals surface area contributed by atoms with E-state index in [9.17, 15) is 0 Å². The first-order valence-electron chi connectivity index (χ1n) is 4.87. The molecule has 5 nitrogen and oxygen atoms in total. The molecule has 0 fully saturated rings. The van der Waals surface area contributed by atoms with Crippen molar-refractivity contribution in [1.29, 1.82) is 0 Å². The van der Waals surface area contributed by atoms with Crippen LogP contribution in [0.25, 0.3) is 17.0 Å². The second kappa shape index (κ2) is 3.30. The molecule has 5 heteroatoms. The molecule has 78 valence electrons. The highest BCUT2D eigenvalue weighted by atomic mass is 15.4. The summed E-state index contributed by atoms with van der Waals surface area (Å²) in [7, 11) is 0. The molecule has 1 aromatic carbocycles. The van der Waals surface area contributed by atoms with Crippen LogP contribution in [0, 0.1) is 0 Å². The summed E-state index contributed by atoms with van der Waals surface area (Å²) < 4.78 is 1.69. The summed E-state index contributed by atoms with van der Waals surface area (Å²) >= 11 is 0. The van der Waals surface area contributed by atoms with Gasteiger partial charge in [0, 0.05) is 17.4 Å². The van der Waals surface area contributed by atoms with Crippen LogP contribution in [0.15, 0.2) is 42.6 Å². The molecule has 2 heterocycles. The van der Waals surface area contributed by atoms with Crippen molar-refractivity contribution in [1.82, 2.24) is 19.8 Å². The molecule has 0 saturated heterocycles. The Kier molecular flexibility index (Phi) is 1.83. The van der Waals surface area contributed by atoms with Crippen LogP contribution < -0.4 is 5.73 Å². The summed E-state index contributed by atoms with van der Waals surface area (Å²) in [6, 6.07) is 11.2. The first kappa shape index (κ1) is 8.84. The van der Waals surface area contributed by atoms with E-state index >= 15 is 0 Å². The number of fused-ring (bicyclic) bond motifs is 1. The Labute approximate surface area is 91.5 Å². The van der Waals surface area contributed by atoms with E-state index in [-0.39, 0.29) is 0 Å². The first-order valence-corrected chi connectivity index (χ1v) is 4.87. The number of rotatable bonds is 1. The molecule has 0 aliphatic rings. The smallest absolute Gasteiger partial charge is 0.185 e. The third-order valence-electron chi connectivity index (χ3n) is 2.32. The zero-order valence-electron chi connectivity index (χ0n) is 8.41. The van der Waals surface area contributed by atoms with Crippen molar-refractivity contribution in [2.75, 3.05) is 5.73 Å². The lowest BCUT2D eigenvalue weighted by molar-refractivity contribution is 0.936. The maximum atomic E-state index is 5.73. The molecular weight excluding hydrogens is 202 g/mol. The van der Waals surface area contributed by atoms with Gasteiger partial charge in [-0.3, -0.25) is 0 Å². The zero-order chi connectivity index (χ0) is 11.0. The third-order valence-corrected chi connectivity index (χ3v) is 2.32. The molecule has 3 aromatic rings. The van der Waals surface area contributed by atoms with Crippen LogP contribution in [-0.2, 0) is 0 Å². The van der Waals surface area contributed by atoms with Crippen molar-refractivity contribution < 1.29 is 0 Å². The van der Waals surface area contributed by atoms with Gasteiger partial charge in [-0.05, 0) is 24.3 Å². The van der Waals surface area contributed by atoms with Gasteiger partial charge in [0.2, 0.25) is 0 Å². The fraction of sp³-hybridized carbons (Fsp3) is 0. The van der Waals surface area contributed by atoms with E-state index in [2.05, 4.69) is 15.3 Å². The van der Waals surface area contributed by atoms with Gasteiger partial charge in [0.15, 0.2) is 11.5 Å². The third kappa shape index (κ3) is 1.30. The number of nitrogen functional groups attached to an aromatic ring is 1. The lowest BCUT2D eigenvalue weighted by Crippen LogP contribution is -1.94. The highest BCUT2D eigenvalue weighted by molar-refractivity contribution is 5.63. The molecule has 2 N–H and O–H groups in total. The van der Waals surface area contributed by atoms with Crippen LogP contribution in [0.1, 0.15) is 0 Å². The second-order valence-electron chi connectivity index (χ2n) is 3.44. The predicted molar refractivity (Wildman–Crippen MR) is 60.6 cm³/mol. The molecule has 0 aliphatic carbocycles. The van der Waals surface area contributed by atoms with Crippen LogP contribution in [0.4, 0.5) is 5.69 Å². The molecule has 2 aromatic heterocycles. The van der Waals surface area contributed by atoms with Gasteiger partial charge < -0.3 is 5.73 Å². The van der Waals surface area contributed by atoms with E-state index in [0.717, 1.165) is 11.2 Å². The minimum atomic E-state index is 0.697. The van der Waals surface area contributed by atoms with Crippen LogP contribution in [0.3, 0.4) is 0 Å². The Morgan fingerprint density at radius 3 is 2.88 bits per heavy atom. The molecular formula is C11H9N5. The molecule has 0 amide bonds. The van der Waals surface area contributed by atoms with Crippen molar-refractivity contribution in [3.63, 3.8) is 0 Å². The summed E-state index contributed by atoms with van der Waals surface area (Å²) in [5, 5.41) is 12.3. The molecule has 0 atom stereocenters. The van der Waals surface area contributed by atoms with Gasteiger partial charge in [0.1, 0.15) is 0 Å². The standard InChI is InChI=1S/C11H9N5/c12-9-4-1-3-8(7-9)11-15-14-10-5-2-6-13-16(10)11/h1-7H,12H2. The fourth-order valence-electron chi connectivity index (χ4n) is 1.60. The fourth-order valence-corrected chi connectivity index (χ4v) is 1.60. The Morgan fingerprint density at radius 1 is 1.06 bits per heavy atom. The van der Waals surface area contributed by atoms with Crippen LogP contribution in [-0.4, -0.2) is 19.8 Å². The van der Waals surface area contributed by atoms with E-state index < -0.39 is 0 Å². The second-order valence-corrected chi connectivity index (χ2v) is 3.44. The highest BCUT2D eigenvalue weighted by Crippen LogP contribution is 2.19. The molecule has 0 bridgehead atoms. The maximum absolute atomic E-state index is 5.73. The average Bonchev–Trinajstić information content (AvgIpc) is 2.72. The Hall–Kier alpha value is -2.43. The van der Waals surface area contributed by atoms with E-state index in [1.165, 1.54) is 0 Å². The van der Waals surface area contributed by atoms with Crippen molar-refractivity contribution in [2.24, 2.45) is 0 Å². The van der Waals surface area contributed by atoms with Crippen LogP contribution in [0.2, 0.25) is 0 Å². The Balaban J connectivity index is 2.26. The largest absolute Gasteiger partial charge is 0.399 e. The molecule has 16 heavy (non-hydrogen) atoms. The lowest BCUT2D eigenvalue weighted by Gasteiger charge is -1.99. The molecule has 0 radical (unpaired) electrons. The number of benzene rings is 1. The number of hydrogen-bond donors (Lipinski definition) is 1. The summed E-state index contributed by atoms with van der Waals surface area (Å²) in [5.41, 5.74) is 8.06. The van der Waals surface area contributed by atoms with Crippen molar-refractivity contribution in [3.8, 4) is 11.4 Å².